The number of alkyl carbamates (subject to hydrolysis) is 1. The van der Waals surface area contributed by atoms with Gasteiger partial charge in [0.25, 0.3) is 31.9 Å². The van der Waals surface area contributed by atoms with Crippen LogP contribution in [0.25, 0.3) is 0 Å². The second kappa shape index (κ2) is 23.2. The molecule has 4 fully saturated rings. The Morgan fingerprint density at radius 2 is 0.938 bits per heavy atom. The number of hydrogen-bond acceptors (Lipinski definition) is 13. The number of nitrogens with one attached hydrogen (secondary N) is 7. The van der Waals surface area contributed by atoms with Crippen molar-refractivity contribution >= 4 is 67.6 Å². The quantitative estimate of drug-likeness (QED) is 0.104. The Balaban J connectivity index is 1.10. The maximum absolute atomic E-state index is 14.7. The lowest BCUT2D eigenvalue weighted by atomic mass is 9.84. The van der Waals surface area contributed by atoms with Crippen molar-refractivity contribution in [2.45, 2.75) is 199 Å². The lowest BCUT2D eigenvalue weighted by Gasteiger charge is -2.38. The molecule has 2 aromatic carbocycles. The van der Waals surface area contributed by atoms with E-state index in [1.54, 1.807) is 82.2 Å². The molecule has 0 bridgehead atoms. The molecule has 2 aromatic rings. The molecule has 5 unspecified atom stereocenters. The van der Waals surface area contributed by atoms with Crippen molar-refractivity contribution in [1.82, 2.24) is 45.8 Å². The van der Waals surface area contributed by atoms with E-state index in [0.717, 1.165) is 0 Å². The number of rotatable bonds is 18. The standard InChI is InChI=1S/C57H85N9O13S2/c1-33(2)38-25-31-65(40(38)44(67)60-56(27-28-56)48(71)63-80(75,76)36-19-17-16-18-20-36)46(69)42(52(5,6)7)58-50(73)62-55(14,15)35-21-23-37(24-22-35)81(77,78)64-49(72)57(29-30-57)61-45(68)41-39(34(3)4)26-32-66(41)47(70)43(53(8,9)10)59-51(74)79-54(11,12)13/h16-24,33-34,38-43H,25-32H2,1-15H3,(H,59,74)(H,60,67)(H,61,68)(H,63,71)(H,64,72)(H2,58,62,73)/t38?,39?,40?,41?,42?,43-/m1/s1. The molecule has 0 spiro atoms. The SMILES string of the molecule is CC(C)C1CCN(C(=O)C(NC(=O)NC(C)(C)c2ccc(S(=O)(=O)NC(=O)C3(NC(=O)C4C(C(C)C)CCN4C(=O)[C@@H](NC(=O)OC(C)(C)C)C(C)(C)C)CC3)cc2)C(C)(C)C)C1C(=O)NC1(C(=O)NS(=O)(=O)c2ccccc2)CC1. The number of ether oxygens (including phenoxy) is 1. The summed E-state index contributed by atoms with van der Waals surface area (Å²) in [4.78, 5) is 114. The lowest BCUT2D eigenvalue weighted by molar-refractivity contribution is -0.144. The van der Waals surface area contributed by atoms with Crippen LogP contribution >= 0.6 is 0 Å². The van der Waals surface area contributed by atoms with Gasteiger partial charge in [-0.3, -0.25) is 28.8 Å². The van der Waals surface area contributed by atoms with Crippen LogP contribution in [-0.4, -0.2) is 128 Å². The van der Waals surface area contributed by atoms with Crippen molar-refractivity contribution < 1.29 is 59.9 Å². The number of urea groups is 1. The lowest BCUT2D eigenvalue weighted by Crippen LogP contribution is -2.62. The molecule has 2 saturated carbocycles. The molecule has 6 atom stereocenters. The van der Waals surface area contributed by atoms with Crippen molar-refractivity contribution in [3.05, 3.63) is 60.2 Å². The van der Waals surface area contributed by atoms with Crippen LogP contribution in [0.4, 0.5) is 9.59 Å². The number of carbonyl (C=O) groups is 8. The molecular weight excluding hydrogens is 1080 g/mol. The third-order valence-corrected chi connectivity index (χ3v) is 18.5. The molecule has 448 valence electrons. The van der Waals surface area contributed by atoms with Gasteiger partial charge in [-0.25, -0.2) is 35.9 Å². The van der Waals surface area contributed by atoms with Gasteiger partial charge in [0.05, 0.1) is 15.3 Å². The van der Waals surface area contributed by atoms with Crippen LogP contribution in [0.15, 0.2) is 64.4 Å². The molecular formula is C57H85N9O13S2. The number of hydrogen-bond donors (Lipinski definition) is 7. The first-order chi connectivity index (χ1) is 37.1. The first-order valence-corrected chi connectivity index (χ1v) is 30.8. The Bertz CT molecular complexity index is 2970. The zero-order valence-corrected chi connectivity index (χ0v) is 51.1. The highest BCUT2D eigenvalue weighted by Crippen LogP contribution is 2.41. The second-order valence-electron chi connectivity index (χ2n) is 26.7. The molecule has 2 aliphatic heterocycles. The maximum atomic E-state index is 14.7. The monoisotopic (exact) mass is 1170 g/mol. The van der Waals surface area contributed by atoms with E-state index < -0.39 is 125 Å². The summed E-state index contributed by atoms with van der Waals surface area (Å²) in [6, 6.07) is 7.75. The van der Waals surface area contributed by atoms with Gasteiger partial charge in [0, 0.05) is 13.1 Å². The number of likely N-dealkylation sites (tertiary alicyclic amines) is 2. The van der Waals surface area contributed by atoms with Crippen LogP contribution in [-0.2, 0) is 59.1 Å². The predicted octanol–water partition coefficient (Wildman–Crippen LogP) is 4.93. The Morgan fingerprint density at radius 1 is 0.556 bits per heavy atom. The van der Waals surface area contributed by atoms with E-state index in [1.807, 2.05) is 27.7 Å². The molecule has 0 aromatic heterocycles. The highest BCUT2D eigenvalue weighted by atomic mass is 32.2. The summed E-state index contributed by atoms with van der Waals surface area (Å²) >= 11 is 0. The highest BCUT2D eigenvalue weighted by molar-refractivity contribution is 7.90. The van der Waals surface area contributed by atoms with Gasteiger partial charge in [-0.15, -0.1) is 0 Å². The first-order valence-electron chi connectivity index (χ1n) is 27.8. The van der Waals surface area contributed by atoms with Gasteiger partial charge >= 0.3 is 12.1 Å². The minimum Gasteiger partial charge on any atom is -0.444 e. The summed E-state index contributed by atoms with van der Waals surface area (Å²) in [5.74, 6) is -4.90. The van der Waals surface area contributed by atoms with Gasteiger partial charge in [-0.2, -0.15) is 0 Å². The first kappa shape index (κ1) is 63.9. The third kappa shape index (κ3) is 14.9. The van der Waals surface area contributed by atoms with Crippen LogP contribution in [0.5, 0.6) is 0 Å². The summed E-state index contributed by atoms with van der Waals surface area (Å²) in [7, 11) is -8.76. The highest BCUT2D eigenvalue weighted by Gasteiger charge is 2.57. The third-order valence-electron chi connectivity index (χ3n) is 15.8. The summed E-state index contributed by atoms with van der Waals surface area (Å²) in [6.45, 7) is 27.1. The van der Waals surface area contributed by atoms with E-state index in [0.29, 0.717) is 18.4 Å². The molecule has 9 amide bonds. The fourth-order valence-electron chi connectivity index (χ4n) is 10.7. The molecule has 24 heteroatoms. The van der Waals surface area contributed by atoms with E-state index in [2.05, 4.69) is 36.0 Å². The Morgan fingerprint density at radius 3 is 1.30 bits per heavy atom. The Kier molecular flexibility index (Phi) is 18.3. The largest absolute Gasteiger partial charge is 0.444 e. The van der Waals surface area contributed by atoms with E-state index in [4.69, 9.17) is 4.74 Å². The smallest absolute Gasteiger partial charge is 0.408 e. The normalized spacial score (nSPS) is 21.5. The molecule has 2 saturated heterocycles. The van der Waals surface area contributed by atoms with Gasteiger partial charge in [-0.1, -0.05) is 99.6 Å². The van der Waals surface area contributed by atoms with Gasteiger partial charge in [0.1, 0.15) is 40.8 Å². The summed E-state index contributed by atoms with van der Waals surface area (Å²) in [5, 5.41) is 14.0. The molecule has 2 heterocycles. The average molecular weight is 1170 g/mol. The van der Waals surface area contributed by atoms with Crippen LogP contribution < -0.4 is 36.0 Å². The van der Waals surface area contributed by atoms with Crippen molar-refractivity contribution in [2.24, 2.45) is 34.5 Å². The second-order valence-corrected chi connectivity index (χ2v) is 30.0. The van der Waals surface area contributed by atoms with Crippen molar-refractivity contribution in [2.75, 3.05) is 13.1 Å². The molecule has 81 heavy (non-hydrogen) atoms. The summed E-state index contributed by atoms with van der Waals surface area (Å²) in [5.41, 5.74) is -6.32. The van der Waals surface area contributed by atoms with Gasteiger partial charge < -0.3 is 41.1 Å². The van der Waals surface area contributed by atoms with E-state index >= 15 is 0 Å². The fraction of sp³-hybridized carbons (Fsp3) is 0.649. The van der Waals surface area contributed by atoms with E-state index in [-0.39, 0.29) is 72.2 Å². The zero-order valence-electron chi connectivity index (χ0n) is 49.5. The molecule has 0 radical (unpaired) electrons. The van der Waals surface area contributed by atoms with Crippen molar-refractivity contribution in [3.63, 3.8) is 0 Å². The topological polar surface area (TPSA) is 305 Å². The fourth-order valence-corrected chi connectivity index (χ4v) is 12.8. The molecule has 7 N–H and O–H groups in total. The van der Waals surface area contributed by atoms with Crippen molar-refractivity contribution in [1.29, 1.82) is 0 Å². The minimum absolute atomic E-state index is 0.0612. The molecule has 22 nitrogen and oxygen atoms in total. The van der Waals surface area contributed by atoms with E-state index in [9.17, 15) is 55.2 Å². The number of nitrogens with zero attached hydrogens (tertiary/aromatic N) is 2. The minimum atomic E-state index is -4.52. The van der Waals surface area contributed by atoms with Crippen LogP contribution in [0.2, 0.25) is 0 Å². The van der Waals surface area contributed by atoms with Crippen LogP contribution in [0.3, 0.4) is 0 Å². The average Bonchev–Trinajstić information content (AvgIpc) is 4.20. The van der Waals surface area contributed by atoms with E-state index in [1.165, 1.54) is 58.3 Å². The predicted molar refractivity (Wildman–Crippen MR) is 301 cm³/mol. The number of carbonyl (C=O) groups excluding carboxylic acids is 8. The van der Waals surface area contributed by atoms with Gasteiger partial charge in [0.2, 0.25) is 23.6 Å². The molecule has 6 rings (SSSR count). The number of benzene rings is 2. The van der Waals surface area contributed by atoms with Crippen molar-refractivity contribution in [3.8, 4) is 0 Å². The maximum Gasteiger partial charge on any atom is 0.408 e. The Hall–Kier alpha value is -6.30. The Labute approximate surface area is 477 Å². The zero-order chi connectivity index (χ0) is 60.8. The summed E-state index contributed by atoms with van der Waals surface area (Å²) in [6.07, 6.45) is 0.783. The van der Waals surface area contributed by atoms with Gasteiger partial charge in [-0.05, 0) is 137 Å². The molecule has 2 aliphatic carbocycles. The van der Waals surface area contributed by atoms with Crippen LogP contribution in [0, 0.1) is 34.5 Å². The molecule has 4 aliphatic rings. The summed E-state index contributed by atoms with van der Waals surface area (Å²) < 4.78 is 63.4. The van der Waals surface area contributed by atoms with Gasteiger partial charge in [0.15, 0.2) is 0 Å². The number of amides is 9. The van der Waals surface area contributed by atoms with Crippen LogP contribution in [0.1, 0.15) is 148 Å². The number of sulfonamides is 2.